The number of hydrogen-bond donors (Lipinski definition) is 3. The van der Waals surface area contributed by atoms with Crippen molar-refractivity contribution in [1.29, 1.82) is 0 Å². The van der Waals surface area contributed by atoms with E-state index in [1.807, 2.05) is 13.8 Å². The van der Waals surface area contributed by atoms with Gasteiger partial charge in [-0.05, 0) is 51.8 Å². The third-order valence-corrected chi connectivity index (χ3v) is 7.82. The molecule has 0 radical (unpaired) electrons. The molecular weight excluding hydrogens is 500 g/mol. The van der Waals surface area contributed by atoms with E-state index in [4.69, 9.17) is 15.2 Å². The molecule has 3 atom stereocenters. The van der Waals surface area contributed by atoms with E-state index >= 15 is 0 Å². The second-order valence-electron chi connectivity index (χ2n) is 9.45. The van der Waals surface area contributed by atoms with Crippen LogP contribution >= 0.6 is 7.44 Å². The maximum atomic E-state index is 14.1. The number of anilines is 1. The van der Waals surface area contributed by atoms with Gasteiger partial charge in [-0.3, -0.25) is 9.36 Å². The number of nitrogens with two attached hydrogens (primary N) is 1. The van der Waals surface area contributed by atoms with Crippen molar-refractivity contribution in [2.45, 2.75) is 65.3 Å². The number of rotatable bonds is 13. The first-order valence-electron chi connectivity index (χ1n) is 12.1. The first-order chi connectivity index (χ1) is 17.4. The molecule has 0 aliphatic rings. The zero-order valence-corrected chi connectivity index (χ0v) is 22.7. The van der Waals surface area contributed by atoms with E-state index in [9.17, 15) is 13.8 Å². The molecule has 37 heavy (non-hydrogen) atoms. The van der Waals surface area contributed by atoms with E-state index in [0.717, 1.165) is 0 Å². The highest BCUT2D eigenvalue weighted by Gasteiger charge is 2.38. The highest BCUT2D eigenvalue weighted by molar-refractivity contribution is 7.59. The van der Waals surface area contributed by atoms with Crippen molar-refractivity contribution in [3.8, 4) is 0 Å². The van der Waals surface area contributed by atoms with E-state index in [0.29, 0.717) is 29.7 Å². The SMILES string of the molecule is CCCOC(=O)C(C)(C)NP(=O)(COC(C)Cn1cnc2c(N)ncnc21)N[C@@H](C)c1cccc(F)c1. The summed E-state index contributed by atoms with van der Waals surface area (Å²) in [6.07, 6.45) is 2.95. The molecule has 0 amide bonds. The van der Waals surface area contributed by atoms with Crippen molar-refractivity contribution < 1.29 is 23.2 Å². The topological polar surface area (TPSA) is 146 Å². The fourth-order valence-corrected chi connectivity index (χ4v) is 6.17. The molecule has 0 bridgehead atoms. The minimum Gasteiger partial charge on any atom is -0.464 e. The standard InChI is InChI=1S/C24H35FN7O4P/c1-6-10-35-23(33)24(4,5)31-37(34,30-17(3)18-8-7-9-19(25)11-18)15-36-16(2)12-32-14-29-20-21(26)27-13-28-22(20)32/h7-9,11,13-14,16-17H,6,10,12,15H2,1-5H3,(H2,26,27,28)(H2,30,31,34)/t16?,17-,37?/m0/s1. The van der Waals surface area contributed by atoms with Gasteiger partial charge in [-0.1, -0.05) is 19.1 Å². The van der Waals surface area contributed by atoms with Gasteiger partial charge in [0.05, 0.1) is 25.6 Å². The lowest BCUT2D eigenvalue weighted by Gasteiger charge is -2.33. The van der Waals surface area contributed by atoms with Gasteiger partial charge in [0.25, 0.3) is 0 Å². The fourth-order valence-electron chi connectivity index (χ4n) is 3.73. The molecule has 2 unspecified atom stereocenters. The van der Waals surface area contributed by atoms with Crippen LogP contribution in [0.2, 0.25) is 0 Å². The first kappa shape index (κ1) is 28.6. The Labute approximate surface area is 215 Å². The molecule has 3 aromatic rings. The number of hydrogen-bond acceptors (Lipinski definition) is 8. The van der Waals surface area contributed by atoms with Gasteiger partial charge in [-0.25, -0.2) is 29.5 Å². The van der Waals surface area contributed by atoms with E-state index in [2.05, 4.69) is 25.1 Å². The maximum absolute atomic E-state index is 14.1. The van der Waals surface area contributed by atoms with Crippen molar-refractivity contribution in [2.75, 3.05) is 18.7 Å². The molecule has 0 aliphatic heterocycles. The Morgan fingerprint density at radius 2 is 2.03 bits per heavy atom. The van der Waals surface area contributed by atoms with Crippen LogP contribution in [0.25, 0.3) is 11.2 Å². The number of ether oxygens (including phenoxy) is 2. The number of halogens is 1. The number of carbonyl (C=O) groups excluding carboxylic acids is 1. The molecule has 2 heterocycles. The van der Waals surface area contributed by atoms with Crippen LogP contribution < -0.4 is 15.9 Å². The van der Waals surface area contributed by atoms with Crippen LogP contribution in [0.4, 0.5) is 10.2 Å². The predicted molar refractivity (Wildman–Crippen MR) is 139 cm³/mol. The van der Waals surface area contributed by atoms with Crippen LogP contribution in [0.5, 0.6) is 0 Å². The van der Waals surface area contributed by atoms with E-state index in [1.54, 1.807) is 43.8 Å². The van der Waals surface area contributed by atoms with Crippen LogP contribution in [-0.4, -0.2) is 50.1 Å². The molecule has 4 N–H and O–H groups in total. The van der Waals surface area contributed by atoms with Gasteiger partial charge in [0.1, 0.15) is 29.5 Å². The fraction of sp³-hybridized carbons (Fsp3) is 0.500. The van der Waals surface area contributed by atoms with E-state index < -0.39 is 36.9 Å². The molecule has 0 aliphatic carbocycles. The van der Waals surface area contributed by atoms with Gasteiger partial charge in [0, 0.05) is 6.04 Å². The highest BCUT2D eigenvalue weighted by atomic mass is 31.2. The summed E-state index contributed by atoms with van der Waals surface area (Å²) in [6.45, 7) is 9.26. The summed E-state index contributed by atoms with van der Waals surface area (Å²) in [5.74, 6) is -0.664. The lowest BCUT2D eigenvalue weighted by atomic mass is 10.1. The Morgan fingerprint density at radius 3 is 2.73 bits per heavy atom. The van der Waals surface area contributed by atoms with Crippen LogP contribution in [-0.2, 0) is 25.4 Å². The molecule has 0 saturated carbocycles. The normalized spacial score (nSPS) is 15.3. The lowest BCUT2D eigenvalue weighted by Crippen LogP contribution is -2.49. The number of nitrogen functional groups attached to an aromatic ring is 1. The first-order valence-corrected chi connectivity index (χ1v) is 13.9. The van der Waals surface area contributed by atoms with Crippen molar-refractivity contribution in [1.82, 2.24) is 29.7 Å². The number of nitrogens with zero attached hydrogens (tertiary/aromatic N) is 4. The summed E-state index contributed by atoms with van der Waals surface area (Å²) in [5, 5.41) is 5.98. The molecule has 13 heteroatoms. The van der Waals surface area contributed by atoms with Gasteiger partial charge in [-0.15, -0.1) is 0 Å². The highest BCUT2D eigenvalue weighted by Crippen LogP contribution is 2.42. The smallest absolute Gasteiger partial charge is 0.326 e. The number of imidazole rings is 1. The minimum absolute atomic E-state index is 0.248. The van der Waals surface area contributed by atoms with Gasteiger partial charge in [0.2, 0.25) is 7.44 Å². The third-order valence-electron chi connectivity index (χ3n) is 5.58. The average molecular weight is 536 g/mol. The molecule has 0 spiro atoms. The van der Waals surface area contributed by atoms with Crippen molar-refractivity contribution in [3.05, 3.63) is 48.3 Å². The molecule has 1 aromatic carbocycles. The van der Waals surface area contributed by atoms with Gasteiger partial charge >= 0.3 is 5.97 Å². The van der Waals surface area contributed by atoms with Gasteiger partial charge < -0.3 is 19.8 Å². The zero-order chi connectivity index (χ0) is 27.2. The van der Waals surface area contributed by atoms with Gasteiger partial charge in [0.15, 0.2) is 11.5 Å². The quantitative estimate of drug-likeness (QED) is 0.218. The number of esters is 1. The van der Waals surface area contributed by atoms with Crippen LogP contribution in [0.3, 0.4) is 0 Å². The Hall–Kier alpha value is -2.92. The van der Waals surface area contributed by atoms with E-state index in [-0.39, 0.29) is 18.8 Å². The lowest BCUT2D eigenvalue weighted by molar-refractivity contribution is -0.149. The zero-order valence-electron chi connectivity index (χ0n) is 21.8. The summed E-state index contributed by atoms with van der Waals surface area (Å²) in [4.78, 5) is 25.1. The molecule has 2 aromatic heterocycles. The Morgan fingerprint density at radius 1 is 1.27 bits per heavy atom. The van der Waals surface area contributed by atoms with Crippen molar-refractivity contribution in [3.63, 3.8) is 0 Å². The number of carbonyl (C=O) groups is 1. The Bertz CT molecular complexity index is 1270. The summed E-state index contributed by atoms with van der Waals surface area (Å²) < 4.78 is 41.0. The van der Waals surface area contributed by atoms with Crippen LogP contribution in [0.1, 0.15) is 52.6 Å². The molecule has 202 valence electrons. The van der Waals surface area contributed by atoms with Gasteiger partial charge in [-0.2, -0.15) is 0 Å². The third kappa shape index (κ3) is 7.54. The van der Waals surface area contributed by atoms with Crippen molar-refractivity contribution in [2.24, 2.45) is 0 Å². The van der Waals surface area contributed by atoms with E-state index in [1.165, 1.54) is 18.5 Å². The number of nitrogens with one attached hydrogen (secondary N) is 2. The molecule has 0 saturated heterocycles. The summed E-state index contributed by atoms with van der Waals surface area (Å²) in [7, 11) is -3.58. The minimum atomic E-state index is -3.58. The average Bonchev–Trinajstić information content (AvgIpc) is 3.24. The monoisotopic (exact) mass is 535 g/mol. The predicted octanol–water partition coefficient (Wildman–Crippen LogP) is 3.78. The van der Waals surface area contributed by atoms with Crippen LogP contribution in [0.15, 0.2) is 36.9 Å². The summed E-state index contributed by atoms with van der Waals surface area (Å²) >= 11 is 0. The number of aromatic nitrogens is 4. The second-order valence-corrected chi connectivity index (χ2v) is 11.7. The summed E-state index contributed by atoms with van der Waals surface area (Å²) in [6, 6.07) is 5.51. The van der Waals surface area contributed by atoms with Crippen molar-refractivity contribution >= 4 is 30.4 Å². The second kappa shape index (κ2) is 12.1. The Balaban J connectivity index is 1.76. The number of benzene rings is 1. The molecular formula is C24H35FN7O4P. The molecule has 11 nitrogen and oxygen atoms in total. The summed E-state index contributed by atoms with van der Waals surface area (Å²) in [5.41, 5.74) is 6.23. The van der Waals surface area contributed by atoms with Crippen LogP contribution in [0, 0.1) is 5.82 Å². The molecule has 0 fully saturated rings. The largest absolute Gasteiger partial charge is 0.464 e. The number of fused-ring (bicyclic) bond motifs is 1. The molecule has 3 rings (SSSR count). The maximum Gasteiger partial charge on any atom is 0.326 e. The Kier molecular flexibility index (Phi) is 9.36.